The number of imide groups is 1. The van der Waals surface area contributed by atoms with Crippen LogP contribution in [0.25, 0.3) is 0 Å². The summed E-state index contributed by atoms with van der Waals surface area (Å²) in [4.78, 5) is 39.2. The van der Waals surface area contributed by atoms with E-state index in [0.717, 1.165) is 28.0 Å². The Balaban J connectivity index is 1.47. The number of amides is 2. The second kappa shape index (κ2) is 9.53. The summed E-state index contributed by atoms with van der Waals surface area (Å²) in [5.74, 6) is -1.17. The fraction of sp³-hybridized carbons (Fsp3) is 0.148. The molecule has 1 N–H and O–H groups in total. The van der Waals surface area contributed by atoms with Gasteiger partial charge in [-0.2, -0.15) is 0 Å². The van der Waals surface area contributed by atoms with Crippen molar-refractivity contribution in [3.05, 3.63) is 99.7 Å². The number of nitrogens with one attached hydrogen (secondary N) is 1. The highest BCUT2D eigenvalue weighted by Gasteiger charge is 2.39. The zero-order valence-corrected chi connectivity index (χ0v) is 19.8. The number of nitrogens with zero attached hydrogens (tertiary/aromatic N) is 1. The number of carbonyl (C=O) groups is 3. The molecular formula is C27H23ClN2O4. The SMILES string of the molecule is CCc1ccc(OC(=O)c2ccc(NC3=C(Cl)C(=O)N(c4cc(C)cc(C)c4)C3=O)cc2)cc1. The third-order valence-corrected chi connectivity index (χ3v) is 5.77. The molecule has 1 aliphatic rings. The lowest BCUT2D eigenvalue weighted by molar-refractivity contribution is -0.120. The van der Waals surface area contributed by atoms with Gasteiger partial charge in [-0.3, -0.25) is 9.59 Å². The number of hydrogen-bond acceptors (Lipinski definition) is 5. The van der Waals surface area contributed by atoms with Gasteiger partial charge in [0, 0.05) is 5.69 Å². The number of carbonyl (C=O) groups excluding carboxylic acids is 3. The van der Waals surface area contributed by atoms with Gasteiger partial charge in [0.05, 0.1) is 11.3 Å². The lowest BCUT2D eigenvalue weighted by atomic mass is 10.1. The molecule has 0 aliphatic carbocycles. The Morgan fingerprint density at radius 1 is 0.912 bits per heavy atom. The minimum Gasteiger partial charge on any atom is -0.423 e. The maximum Gasteiger partial charge on any atom is 0.343 e. The van der Waals surface area contributed by atoms with Crippen LogP contribution in [-0.4, -0.2) is 17.8 Å². The van der Waals surface area contributed by atoms with Crippen LogP contribution in [-0.2, 0) is 16.0 Å². The van der Waals surface area contributed by atoms with E-state index in [9.17, 15) is 14.4 Å². The Morgan fingerprint density at radius 2 is 1.53 bits per heavy atom. The average molecular weight is 475 g/mol. The number of benzene rings is 3. The molecule has 6 nitrogen and oxygen atoms in total. The molecule has 0 aromatic heterocycles. The molecule has 34 heavy (non-hydrogen) atoms. The van der Waals surface area contributed by atoms with Crippen molar-refractivity contribution in [3.8, 4) is 5.75 Å². The smallest absolute Gasteiger partial charge is 0.343 e. The lowest BCUT2D eigenvalue weighted by Crippen LogP contribution is -2.32. The van der Waals surface area contributed by atoms with E-state index < -0.39 is 17.8 Å². The number of hydrogen-bond donors (Lipinski definition) is 1. The van der Waals surface area contributed by atoms with Crippen LogP contribution in [0.15, 0.2) is 77.5 Å². The van der Waals surface area contributed by atoms with Crippen molar-refractivity contribution in [1.29, 1.82) is 0 Å². The Bertz CT molecular complexity index is 1290. The second-order valence-electron chi connectivity index (χ2n) is 8.07. The summed E-state index contributed by atoms with van der Waals surface area (Å²) in [6.45, 7) is 5.83. The molecule has 0 fully saturated rings. The summed E-state index contributed by atoms with van der Waals surface area (Å²) in [6.07, 6.45) is 0.902. The normalized spacial score (nSPS) is 13.5. The van der Waals surface area contributed by atoms with Crippen molar-refractivity contribution in [2.24, 2.45) is 0 Å². The topological polar surface area (TPSA) is 75.7 Å². The minimum absolute atomic E-state index is 0.0165. The van der Waals surface area contributed by atoms with Gasteiger partial charge in [-0.05, 0) is 85.5 Å². The van der Waals surface area contributed by atoms with E-state index in [1.54, 1.807) is 48.5 Å². The summed E-state index contributed by atoms with van der Waals surface area (Å²) in [6, 6.07) is 19.2. The van der Waals surface area contributed by atoms with Crippen molar-refractivity contribution in [2.45, 2.75) is 27.2 Å². The molecule has 1 heterocycles. The molecule has 2 amide bonds. The van der Waals surface area contributed by atoms with Crippen LogP contribution in [0.5, 0.6) is 5.75 Å². The van der Waals surface area contributed by atoms with Gasteiger partial charge in [0.2, 0.25) is 0 Å². The first-order valence-electron chi connectivity index (χ1n) is 10.8. The molecule has 172 valence electrons. The largest absolute Gasteiger partial charge is 0.423 e. The zero-order chi connectivity index (χ0) is 24.4. The van der Waals surface area contributed by atoms with E-state index in [1.807, 2.05) is 32.0 Å². The van der Waals surface area contributed by atoms with Crippen molar-refractivity contribution < 1.29 is 19.1 Å². The van der Waals surface area contributed by atoms with Gasteiger partial charge in [0.25, 0.3) is 11.8 Å². The Morgan fingerprint density at radius 3 is 2.12 bits per heavy atom. The van der Waals surface area contributed by atoms with Crippen LogP contribution in [0.1, 0.15) is 34.0 Å². The van der Waals surface area contributed by atoms with Crippen LogP contribution in [0.2, 0.25) is 0 Å². The highest BCUT2D eigenvalue weighted by Crippen LogP contribution is 2.31. The van der Waals surface area contributed by atoms with Gasteiger partial charge in [-0.25, -0.2) is 9.69 Å². The van der Waals surface area contributed by atoms with E-state index in [-0.39, 0.29) is 10.7 Å². The first-order chi connectivity index (χ1) is 16.3. The summed E-state index contributed by atoms with van der Waals surface area (Å²) in [5.41, 5.74) is 4.30. The predicted molar refractivity (Wildman–Crippen MR) is 132 cm³/mol. The summed E-state index contributed by atoms with van der Waals surface area (Å²) in [7, 11) is 0. The minimum atomic E-state index is -0.589. The third kappa shape index (κ3) is 4.72. The van der Waals surface area contributed by atoms with Crippen LogP contribution < -0.4 is 15.0 Å². The first-order valence-corrected chi connectivity index (χ1v) is 11.2. The number of ether oxygens (including phenoxy) is 1. The Labute approximate surface area is 202 Å². The van der Waals surface area contributed by atoms with Crippen LogP contribution in [0.4, 0.5) is 11.4 Å². The van der Waals surface area contributed by atoms with E-state index in [4.69, 9.17) is 16.3 Å². The molecule has 1 aliphatic heterocycles. The summed E-state index contributed by atoms with van der Waals surface area (Å²) < 4.78 is 5.41. The van der Waals surface area contributed by atoms with Crippen LogP contribution in [0, 0.1) is 13.8 Å². The maximum atomic E-state index is 13.0. The number of anilines is 2. The van der Waals surface area contributed by atoms with E-state index in [0.29, 0.717) is 22.7 Å². The maximum absolute atomic E-state index is 13.0. The quantitative estimate of drug-likeness (QED) is 0.289. The first kappa shape index (κ1) is 23.3. The second-order valence-corrected chi connectivity index (χ2v) is 8.45. The van der Waals surface area contributed by atoms with Gasteiger partial charge in [0.1, 0.15) is 16.5 Å². The van der Waals surface area contributed by atoms with Gasteiger partial charge in [-0.1, -0.05) is 36.7 Å². The summed E-state index contributed by atoms with van der Waals surface area (Å²) in [5, 5.41) is 2.72. The Hall–Kier alpha value is -3.90. The molecule has 0 atom stereocenters. The molecule has 0 unspecified atom stereocenters. The molecule has 3 aromatic carbocycles. The number of rotatable bonds is 6. The lowest BCUT2D eigenvalue weighted by Gasteiger charge is -2.16. The molecule has 7 heteroatoms. The molecule has 0 bridgehead atoms. The molecule has 3 aromatic rings. The van der Waals surface area contributed by atoms with Gasteiger partial charge in [-0.15, -0.1) is 0 Å². The average Bonchev–Trinajstić information content (AvgIpc) is 3.02. The monoisotopic (exact) mass is 474 g/mol. The highest BCUT2D eigenvalue weighted by molar-refractivity contribution is 6.53. The van der Waals surface area contributed by atoms with Crippen molar-refractivity contribution in [3.63, 3.8) is 0 Å². The summed E-state index contributed by atoms with van der Waals surface area (Å²) >= 11 is 6.22. The standard InChI is InChI=1S/C27H23ClN2O4/c1-4-18-5-11-22(12-6-18)34-27(33)19-7-9-20(10-8-19)29-24-23(28)25(31)30(26(24)32)21-14-16(2)13-17(3)15-21/h5-15,29H,4H2,1-3H3. The van der Waals surface area contributed by atoms with Crippen molar-refractivity contribution >= 4 is 40.8 Å². The van der Waals surface area contributed by atoms with E-state index in [2.05, 4.69) is 12.2 Å². The van der Waals surface area contributed by atoms with Crippen LogP contribution in [0.3, 0.4) is 0 Å². The number of halogens is 1. The van der Waals surface area contributed by atoms with Gasteiger partial charge >= 0.3 is 5.97 Å². The number of aryl methyl sites for hydroxylation is 3. The van der Waals surface area contributed by atoms with E-state index in [1.165, 1.54) is 0 Å². The van der Waals surface area contributed by atoms with Crippen molar-refractivity contribution in [1.82, 2.24) is 0 Å². The number of esters is 1. The predicted octanol–water partition coefficient (Wildman–Crippen LogP) is 5.52. The zero-order valence-electron chi connectivity index (χ0n) is 19.0. The van der Waals surface area contributed by atoms with Gasteiger partial charge < -0.3 is 10.1 Å². The fourth-order valence-electron chi connectivity index (χ4n) is 3.72. The van der Waals surface area contributed by atoms with Crippen molar-refractivity contribution in [2.75, 3.05) is 10.2 Å². The van der Waals surface area contributed by atoms with E-state index >= 15 is 0 Å². The van der Waals surface area contributed by atoms with Gasteiger partial charge in [0.15, 0.2) is 0 Å². The molecule has 0 radical (unpaired) electrons. The molecule has 0 saturated carbocycles. The fourth-order valence-corrected chi connectivity index (χ4v) is 3.93. The molecular weight excluding hydrogens is 452 g/mol. The molecule has 4 rings (SSSR count). The molecule has 0 saturated heterocycles. The third-order valence-electron chi connectivity index (χ3n) is 5.42. The Kier molecular flexibility index (Phi) is 6.52. The molecule has 0 spiro atoms. The highest BCUT2D eigenvalue weighted by atomic mass is 35.5. The van der Waals surface area contributed by atoms with Crippen LogP contribution >= 0.6 is 11.6 Å².